The monoisotopic (exact) mass is 379 g/mol. The Morgan fingerprint density at radius 3 is 2.86 bits per heavy atom. The predicted molar refractivity (Wildman–Crippen MR) is 104 cm³/mol. The van der Waals surface area contributed by atoms with Crippen LogP contribution in [0.3, 0.4) is 0 Å². The van der Waals surface area contributed by atoms with Gasteiger partial charge in [0.2, 0.25) is 5.95 Å². The number of nitrogens with two attached hydrogens (primary N) is 1. The minimum atomic E-state index is -0.448. The highest BCUT2D eigenvalue weighted by molar-refractivity contribution is 5.86. The summed E-state index contributed by atoms with van der Waals surface area (Å²) in [7, 11) is 1.83. The zero-order valence-corrected chi connectivity index (χ0v) is 15.6. The molecule has 9 nitrogen and oxygen atoms in total. The minimum absolute atomic E-state index is 0.252. The number of piperazine rings is 1. The largest absolute Gasteiger partial charge is 0.447 e. The maximum Gasteiger partial charge on any atom is 0.410 e. The molecule has 3 aromatic rings. The third kappa shape index (κ3) is 2.54. The lowest BCUT2D eigenvalue weighted by atomic mass is 9.88. The summed E-state index contributed by atoms with van der Waals surface area (Å²) < 4.78 is 7.13. The summed E-state index contributed by atoms with van der Waals surface area (Å²) in [5.41, 5.74) is 7.55. The third-order valence-corrected chi connectivity index (χ3v) is 5.60. The number of ether oxygens (including phenoxy) is 1. The molecule has 1 amide bonds. The van der Waals surface area contributed by atoms with Crippen molar-refractivity contribution in [2.75, 3.05) is 36.9 Å². The summed E-state index contributed by atoms with van der Waals surface area (Å²) in [6, 6.07) is 10.2. The molecule has 9 heteroatoms. The Morgan fingerprint density at radius 1 is 1.21 bits per heavy atom. The highest BCUT2D eigenvalue weighted by atomic mass is 16.6. The van der Waals surface area contributed by atoms with E-state index in [1.165, 1.54) is 0 Å². The standard InChI is InChI=1S/C19H21N7O2/c1-24-16-14(10-21-24)15(20)22-17(23-16)25-7-8-26-18(27)28-12-19(26,11-25)9-13-5-3-2-4-6-13/h2-6,10H,7-9,11-12H2,1H3,(H2,20,22,23). The molecule has 4 heterocycles. The van der Waals surface area contributed by atoms with Gasteiger partial charge in [0, 0.05) is 33.1 Å². The molecule has 0 saturated carbocycles. The lowest BCUT2D eigenvalue weighted by Crippen LogP contribution is -2.63. The molecule has 1 aromatic carbocycles. The molecule has 0 spiro atoms. The molecular weight excluding hydrogens is 358 g/mol. The second-order valence-electron chi connectivity index (χ2n) is 7.43. The molecule has 0 bridgehead atoms. The predicted octanol–water partition coefficient (Wildman–Crippen LogP) is 1.20. The Bertz CT molecular complexity index is 1050. The Labute approximate surface area is 161 Å². The van der Waals surface area contributed by atoms with Crippen LogP contribution in [0.2, 0.25) is 0 Å². The van der Waals surface area contributed by atoms with E-state index in [9.17, 15) is 4.79 Å². The summed E-state index contributed by atoms with van der Waals surface area (Å²) in [6.07, 6.45) is 2.13. The fourth-order valence-electron chi connectivity index (χ4n) is 4.18. The Kier molecular flexibility index (Phi) is 3.65. The number of hydrogen-bond donors (Lipinski definition) is 1. The number of aryl methyl sites for hydroxylation is 1. The molecule has 2 aliphatic heterocycles. The third-order valence-electron chi connectivity index (χ3n) is 5.60. The van der Waals surface area contributed by atoms with E-state index >= 15 is 0 Å². The Morgan fingerprint density at radius 2 is 2.04 bits per heavy atom. The highest BCUT2D eigenvalue weighted by Gasteiger charge is 2.51. The maximum atomic E-state index is 12.3. The van der Waals surface area contributed by atoms with Gasteiger partial charge in [-0.3, -0.25) is 9.58 Å². The fourth-order valence-corrected chi connectivity index (χ4v) is 4.18. The number of benzene rings is 1. The van der Waals surface area contributed by atoms with Gasteiger partial charge in [-0.2, -0.15) is 15.1 Å². The molecule has 1 atom stereocenters. The van der Waals surface area contributed by atoms with E-state index in [1.54, 1.807) is 10.9 Å². The quantitative estimate of drug-likeness (QED) is 0.729. The number of hydrogen-bond acceptors (Lipinski definition) is 7. The molecule has 0 radical (unpaired) electrons. The number of nitrogens with zero attached hydrogens (tertiary/aromatic N) is 6. The van der Waals surface area contributed by atoms with Gasteiger partial charge in [0.1, 0.15) is 18.0 Å². The molecule has 5 rings (SSSR count). The van der Waals surface area contributed by atoms with Gasteiger partial charge in [-0.1, -0.05) is 30.3 Å². The van der Waals surface area contributed by atoms with Gasteiger partial charge < -0.3 is 15.4 Å². The normalized spacial score (nSPS) is 21.8. The number of carbonyl (C=O) groups is 1. The van der Waals surface area contributed by atoms with Crippen molar-refractivity contribution in [2.45, 2.75) is 12.0 Å². The van der Waals surface area contributed by atoms with Crippen LogP contribution in [0.4, 0.5) is 16.6 Å². The summed E-state index contributed by atoms with van der Waals surface area (Å²) >= 11 is 0. The van der Waals surface area contributed by atoms with E-state index in [4.69, 9.17) is 10.5 Å². The van der Waals surface area contributed by atoms with Crippen LogP contribution in [-0.4, -0.2) is 62.5 Å². The number of nitrogen functional groups attached to an aromatic ring is 1. The van der Waals surface area contributed by atoms with E-state index in [-0.39, 0.29) is 6.09 Å². The second kappa shape index (κ2) is 6.08. The first-order valence-corrected chi connectivity index (χ1v) is 9.24. The summed E-state index contributed by atoms with van der Waals surface area (Å²) in [4.78, 5) is 25.4. The van der Waals surface area contributed by atoms with E-state index in [0.29, 0.717) is 50.1 Å². The van der Waals surface area contributed by atoms with E-state index in [0.717, 1.165) is 10.9 Å². The van der Waals surface area contributed by atoms with Crippen molar-refractivity contribution in [1.82, 2.24) is 24.6 Å². The van der Waals surface area contributed by atoms with Crippen LogP contribution in [0.5, 0.6) is 0 Å². The molecule has 2 saturated heterocycles. The second-order valence-corrected chi connectivity index (χ2v) is 7.43. The zero-order valence-electron chi connectivity index (χ0n) is 15.6. The average molecular weight is 379 g/mol. The lowest BCUT2D eigenvalue weighted by Gasteiger charge is -2.44. The molecule has 144 valence electrons. The van der Waals surface area contributed by atoms with Crippen molar-refractivity contribution in [2.24, 2.45) is 7.05 Å². The SMILES string of the molecule is Cn1ncc2c(N)nc(N3CCN4C(=O)OCC4(Cc4ccccc4)C3)nc21. The topological polar surface area (TPSA) is 102 Å². The average Bonchev–Trinajstić information content (AvgIpc) is 3.23. The van der Waals surface area contributed by atoms with Crippen molar-refractivity contribution in [3.63, 3.8) is 0 Å². The van der Waals surface area contributed by atoms with Crippen molar-refractivity contribution in [3.05, 3.63) is 42.1 Å². The fraction of sp³-hybridized carbons (Fsp3) is 0.368. The van der Waals surface area contributed by atoms with E-state index < -0.39 is 5.54 Å². The molecule has 1 unspecified atom stereocenters. The summed E-state index contributed by atoms with van der Waals surface area (Å²) in [5, 5.41) is 4.96. The number of aromatic nitrogens is 4. The Hall–Kier alpha value is -3.36. The lowest BCUT2D eigenvalue weighted by molar-refractivity contribution is 0.139. The van der Waals surface area contributed by atoms with Crippen LogP contribution in [0.1, 0.15) is 5.56 Å². The van der Waals surface area contributed by atoms with Gasteiger partial charge in [0.25, 0.3) is 0 Å². The summed E-state index contributed by atoms with van der Waals surface area (Å²) in [6.45, 7) is 2.10. The van der Waals surface area contributed by atoms with Crippen LogP contribution >= 0.6 is 0 Å². The molecule has 2 aliphatic rings. The van der Waals surface area contributed by atoms with Crippen molar-refractivity contribution in [3.8, 4) is 0 Å². The van der Waals surface area contributed by atoms with E-state index in [1.807, 2.05) is 30.1 Å². The first-order chi connectivity index (χ1) is 13.6. The van der Waals surface area contributed by atoms with Crippen LogP contribution in [-0.2, 0) is 18.2 Å². The van der Waals surface area contributed by atoms with Crippen molar-refractivity contribution < 1.29 is 9.53 Å². The van der Waals surface area contributed by atoms with Gasteiger partial charge in [-0.05, 0) is 5.56 Å². The van der Waals surface area contributed by atoms with Crippen molar-refractivity contribution in [1.29, 1.82) is 0 Å². The van der Waals surface area contributed by atoms with Crippen LogP contribution in [0.15, 0.2) is 36.5 Å². The number of cyclic esters (lactones) is 1. The number of fused-ring (bicyclic) bond motifs is 2. The molecular formula is C19H21N7O2. The zero-order chi connectivity index (χ0) is 19.3. The van der Waals surface area contributed by atoms with Gasteiger partial charge in [0.05, 0.1) is 11.6 Å². The first-order valence-electron chi connectivity index (χ1n) is 9.24. The maximum absolute atomic E-state index is 12.3. The molecule has 2 fully saturated rings. The number of rotatable bonds is 3. The van der Waals surface area contributed by atoms with Crippen LogP contribution < -0.4 is 10.6 Å². The molecule has 28 heavy (non-hydrogen) atoms. The Balaban J connectivity index is 1.51. The number of amides is 1. The van der Waals surface area contributed by atoms with Crippen molar-refractivity contribution >= 4 is 28.9 Å². The molecule has 0 aliphatic carbocycles. The molecule has 2 aromatic heterocycles. The molecule has 2 N–H and O–H groups in total. The van der Waals surface area contributed by atoms with Gasteiger partial charge in [-0.15, -0.1) is 0 Å². The van der Waals surface area contributed by atoms with E-state index in [2.05, 4.69) is 32.1 Å². The van der Waals surface area contributed by atoms with Gasteiger partial charge >= 0.3 is 6.09 Å². The number of anilines is 2. The first kappa shape index (κ1) is 16.8. The summed E-state index contributed by atoms with van der Waals surface area (Å²) in [5.74, 6) is 0.964. The minimum Gasteiger partial charge on any atom is -0.447 e. The smallest absolute Gasteiger partial charge is 0.410 e. The van der Waals surface area contributed by atoms with Crippen LogP contribution in [0, 0.1) is 0 Å². The van der Waals surface area contributed by atoms with Gasteiger partial charge in [-0.25, -0.2) is 4.79 Å². The van der Waals surface area contributed by atoms with Crippen LogP contribution in [0.25, 0.3) is 11.0 Å². The highest BCUT2D eigenvalue weighted by Crippen LogP contribution is 2.34. The number of carbonyl (C=O) groups excluding carboxylic acids is 1. The van der Waals surface area contributed by atoms with Gasteiger partial charge in [0.15, 0.2) is 5.65 Å².